The monoisotopic (exact) mass is 477 g/mol. The molecule has 10 nitrogen and oxygen atoms in total. The molecule has 34 heavy (non-hydrogen) atoms. The zero-order valence-corrected chi connectivity index (χ0v) is 18.3. The summed E-state index contributed by atoms with van der Waals surface area (Å²) in [5.41, 5.74) is 0.250. The summed E-state index contributed by atoms with van der Waals surface area (Å²) in [5.74, 6) is 0.103. The molecular formula is C21H22F3N7O3. The number of nitrogens with zero attached hydrogens (tertiary/aromatic N) is 3. The summed E-state index contributed by atoms with van der Waals surface area (Å²) < 4.78 is 43.9. The van der Waals surface area contributed by atoms with Crippen LogP contribution in [0.1, 0.15) is 28.3 Å². The van der Waals surface area contributed by atoms with E-state index in [2.05, 4.69) is 40.9 Å². The van der Waals surface area contributed by atoms with Crippen LogP contribution in [-0.2, 0) is 10.9 Å². The number of nitrogens with one attached hydrogen (secondary N) is 4. The van der Waals surface area contributed by atoms with Crippen LogP contribution >= 0.6 is 0 Å². The minimum Gasteiger partial charge on any atom is -0.453 e. The predicted molar refractivity (Wildman–Crippen MR) is 116 cm³/mol. The fourth-order valence-electron chi connectivity index (χ4n) is 2.90. The highest BCUT2D eigenvalue weighted by Crippen LogP contribution is 2.31. The van der Waals surface area contributed by atoms with Gasteiger partial charge in [0, 0.05) is 31.0 Å². The molecule has 13 heteroatoms. The summed E-state index contributed by atoms with van der Waals surface area (Å²) in [6.45, 7) is 2.30. The van der Waals surface area contributed by atoms with Crippen molar-refractivity contribution in [1.29, 1.82) is 0 Å². The topological polar surface area (TPSA) is 134 Å². The SMILES string of the molecule is COC(=O)NCCCNC(=O)c1cc(-c2ccnc(C(F)(F)F)c2)cc(Nc2cc(C)[nH]n2)n1. The Labute approximate surface area is 192 Å². The first kappa shape index (κ1) is 24.5. The molecule has 0 radical (unpaired) electrons. The molecule has 0 aliphatic rings. The smallest absolute Gasteiger partial charge is 0.433 e. The van der Waals surface area contributed by atoms with Crippen LogP contribution in [0.15, 0.2) is 36.5 Å². The summed E-state index contributed by atoms with van der Waals surface area (Å²) in [6.07, 6.45) is -3.72. The number of hydrogen-bond donors (Lipinski definition) is 4. The fraction of sp³-hybridized carbons (Fsp3) is 0.286. The Bertz CT molecular complexity index is 1160. The van der Waals surface area contributed by atoms with E-state index in [1.54, 1.807) is 13.0 Å². The van der Waals surface area contributed by atoms with Gasteiger partial charge in [-0.3, -0.25) is 14.9 Å². The van der Waals surface area contributed by atoms with E-state index in [9.17, 15) is 22.8 Å². The second kappa shape index (κ2) is 10.6. The third kappa shape index (κ3) is 6.67. The summed E-state index contributed by atoms with van der Waals surface area (Å²) >= 11 is 0. The van der Waals surface area contributed by atoms with Gasteiger partial charge >= 0.3 is 12.3 Å². The molecule has 3 heterocycles. The Morgan fingerprint density at radius 3 is 2.50 bits per heavy atom. The van der Waals surface area contributed by atoms with E-state index in [-0.39, 0.29) is 30.2 Å². The number of anilines is 2. The Balaban J connectivity index is 1.84. The normalized spacial score (nSPS) is 11.1. The van der Waals surface area contributed by atoms with Gasteiger partial charge in [-0.1, -0.05) is 0 Å². The highest BCUT2D eigenvalue weighted by molar-refractivity contribution is 5.94. The van der Waals surface area contributed by atoms with E-state index in [0.717, 1.165) is 18.0 Å². The zero-order valence-electron chi connectivity index (χ0n) is 18.3. The van der Waals surface area contributed by atoms with Gasteiger partial charge in [-0.05, 0) is 48.7 Å². The molecule has 3 rings (SSSR count). The van der Waals surface area contributed by atoms with Crippen LogP contribution in [0, 0.1) is 6.92 Å². The standard InChI is InChI=1S/C21H22F3N7O3/c1-12-8-18(31-30-12)29-17-11-14(13-4-7-25-16(10-13)21(22,23)24)9-15(28-17)19(32)26-5-3-6-27-20(33)34-2/h4,7-11H,3,5-6H2,1-2H3,(H,26,32)(H,27,33)(H2,28,29,30,31). The second-order valence-corrected chi connectivity index (χ2v) is 7.14. The Hall–Kier alpha value is -4.16. The molecule has 0 spiro atoms. The van der Waals surface area contributed by atoms with Crippen molar-refractivity contribution < 1.29 is 27.5 Å². The van der Waals surface area contributed by atoms with Gasteiger partial charge in [-0.15, -0.1) is 0 Å². The highest BCUT2D eigenvalue weighted by Gasteiger charge is 2.32. The third-order valence-electron chi connectivity index (χ3n) is 4.50. The van der Waals surface area contributed by atoms with E-state index in [4.69, 9.17) is 0 Å². The number of halogens is 3. The Kier molecular flexibility index (Phi) is 7.66. The number of pyridine rings is 2. The molecule has 0 fully saturated rings. The number of alkyl halides is 3. The number of amides is 2. The summed E-state index contributed by atoms with van der Waals surface area (Å²) in [6, 6.07) is 6.91. The molecule has 180 valence electrons. The van der Waals surface area contributed by atoms with Gasteiger partial charge in [0.15, 0.2) is 5.82 Å². The van der Waals surface area contributed by atoms with Gasteiger partial charge in [-0.25, -0.2) is 9.78 Å². The molecule has 0 bridgehead atoms. The summed E-state index contributed by atoms with van der Waals surface area (Å²) in [4.78, 5) is 31.4. The number of ether oxygens (including phenoxy) is 1. The number of aryl methyl sites for hydroxylation is 1. The van der Waals surface area contributed by atoms with Crippen molar-refractivity contribution in [3.8, 4) is 11.1 Å². The van der Waals surface area contributed by atoms with Gasteiger partial charge in [0.05, 0.1) is 7.11 Å². The van der Waals surface area contributed by atoms with Crippen LogP contribution in [0.25, 0.3) is 11.1 Å². The molecule has 4 N–H and O–H groups in total. The molecule has 0 atom stereocenters. The van der Waals surface area contributed by atoms with Crippen LogP contribution < -0.4 is 16.0 Å². The van der Waals surface area contributed by atoms with Gasteiger partial charge in [0.1, 0.15) is 17.2 Å². The third-order valence-corrected chi connectivity index (χ3v) is 4.50. The molecular weight excluding hydrogens is 455 g/mol. The van der Waals surface area contributed by atoms with Gasteiger partial charge in [-0.2, -0.15) is 18.3 Å². The lowest BCUT2D eigenvalue weighted by molar-refractivity contribution is -0.141. The maximum atomic E-state index is 13.1. The van der Waals surface area contributed by atoms with Gasteiger partial charge in [0.2, 0.25) is 0 Å². The number of carbonyl (C=O) groups is 2. The fourth-order valence-corrected chi connectivity index (χ4v) is 2.90. The predicted octanol–water partition coefficient (Wildman–Crippen LogP) is 3.41. The van der Waals surface area contributed by atoms with Crippen molar-refractivity contribution in [2.75, 3.05) is 25.5 Å². The van der Waals surface area contributed by atoms with Crippen molar-refractivity contribution in [1.82, 2.24) is 30.8 Å². The van der Waals surface area contributed by atoms with Gasteiger partial charge in [0.25, 0.3) is 5.91 Å². The average molecular weight is 477 g/mol. The number of aromatic nitrogens is 4. The molecule has 0 unspecified atom stereocenters. The molecule has 0 aromatic carbocycles. The largest absolute Gasteiger partial charge is 0.453 e. The molecule has 0 aliphatic heterocycles. The van der Waals surface area contributed by atoms with Crippen LogP contribution in [0.3, 0.4) is 0 Å². The maximum absolute atomic E-state index is 13.1. The first-order valence-electron chi connectivity index (χ1n) is 10.1. The van der Waals surface area contributed by atoms with E-state index in [1.807, 2.05) is 0 Å². The van der Waals surface area contributed by atoms with Crippen molar-refractivity contribution in [3.05, 3.63) is 53.6 Å². The number of rotatable bonds is 8. The first-order valence-corrected chi connectivity index (χ1v) is 10.1. The number of alkyl carbamates (subject to hydrolysis) is 1. The zero-order chi connectivity index (χ0) is 24.7. The van der Waals surface area contributed by atoms with E-state index < -0.39 is 23.9 Å². The molecule has 2 amide bonds. The average Bonchev–Trinajstić information content (AvgIpc) is 3.22. The Morgan fingerprint density at radius 1 is 1.06 bits per heavy atom. The number of methoxy groups -OCH3 is 1. The molecule has 0 aliphatic carbocycles. The molecule has 0 saturated heterocycles. The minimum absolute atomic E-state index is 0.0152. The van der Waals surface area contributed by atoms with E-state index in [0.29, 0.717) is 17.8 Å². The van der Waals surface area contributed by atoms with Crippen LogP contribution in [0.2, 0.25) is 0 Å². The lowest BCUT2D eigenvalue weighted by Crippen LogP contribution is -2.30. The molecule has 0 saturated carbocycles. The number of carbonyl (C=O) groups excluding carboxylic acids is 2. The maximum Gasteiger partial charge on any atom is 0.433 e. The molecule has 3 aromatic heterocycles. The lowest BCUT2D eigenvalue weighted by Gasteiger charge is -2.12. The van der Waals surface area contributed by atoms with Crippen molar-refractivity contribution >= 4 is 23.6 Å². The first-order chi connectivity index (χ1) is 16.2. The quantitative estimate of drug-likeness (QED) is 0.365. The van der Waals surface area contributed by atoms with Crippen molar-refractivity contribution in [2.45, 2.75) is 19.5 Å². The minimum atomic E-state index is -4.62. The highest BCUT2D eigenvalue weighted by atomic mass is 19.4. The molecule has 3 aromatic rings. The van der Waals surface area contributed by atoms with Crippen LogP contribution in [0.5, 0.6) is 0 Å². The number of H-pyrrole nitrogens is 1. The summed E-state index contributed by atoms with van der Waals surface area (Å²) in [5, 5.41) is 14.9. The van der Waals surface area contributed by atoms with Crippen molar-refractivity contribution in [3.63, 3.8) is 0 Å². The number of aromatic amines is 1. The van der Waals surface area contributed by atoms with Crippen molar-refractivity contribution in [2.24, 2.45) is 0 Å². The second-order valence-electron chi connectivity index (χ2n) is 7.14. The lowest BCUT2D eigenvalue weighted by atomic mass is 10.1. The van der Waals surface area contributed by atoms with E-state index in [1.165, 1.54) is 25.3 Å². The Morgan fingerprint density at radius 2 is 1.82 bits per heavy atom. The summed E-state index contributed by atoms with van der Waals surface area (Å²) in [7, 11) is 1.24. The number of hydrogen-bond acceptors (Lipinski definition) is 7. The van der Waals surface area contributed by atoms with Crippen LogP contribution in [-0.4, -0.2) is 52.4 Å². The van der Waals surface area contributed by atoms with Crippen LogP contribution in [0.4, 0.5) is 29.6 Å². The van der Waals surface area contributed by atoms with E-state index >= 15 is 0 Å². The van der Waals surface area contributed by atoms with Gasteiger partial charge < -0.3 is 20.7 Å².